The molecule has 6 nitrogen and oxygen atoms in total. The van der Waals surface area contributed by atoms with Gasteiger partial charge in [-0.2, -0.15) is 0 Å². The fraction of sp³-hybridized carbons (Fsp3) is 0.880. The molecule has 6 heteroatoms. The van der Waals surface area contributed by atoms with Gasteiger partial charge in [0.2, 0.25) is 5.91 Å². The normalized spacial score (nSPS) is 13.4. The Morgan fingerprint density at radius 1 is 0.518 bits per heavy atom. The summed E-state index contributed by atoms with van der Waals surface area (Å²) in [7, 11) is 0. The van der Waals surface area contributed by atoms with Gasteiger partial charge in [0, 0.05) is 6.42 Å². The number of carbonyl (C=O) groups is 2. The molecule has 56 heavy (non-hydrogen) atoms. The largest absolute Gasteiger partial charge is 0.462 e. The highest BCUT2D eigenvalue weighted by molar-refractivity contribution is 5.77. The highest BCUT2D eigenvalue weighted by Gasteiger charge is 2.24. The molecule has 0 aromatic carbocycles. The number of hydrogen-bond donors (Lipinski definition) is 3. The smallest absolute Gasteiger partial charge is 0.306 e. The fourth-order valence-corrected chi connectivity index (χ4v) is 7.52. The van der Waals surface area contributed by atoms with Crippen LogP contribution >= 0.6 is 0 Å². The zero-order chi connectivity index (χ0) is 41.0. The SMILES string of the molecule is CCCCC/C=C\C/C=C\CCCCCCCC(CC(=O)NC(CO)C(O)CCCCCCCCCCCCC)OC(=O)CCCCCCCCCCCCC. The Morgan fingerprint density at radius 3 is 1.39 bits per heavy atom. The molecule has 0 saturated carbocycles. The Hall–Kier alpha value is -1.66. The number of aliphatic hydroxyl groups is 2. The number of aliphatic hydroxyl groups excluding tert-OH is 2. The van der Waals surface area contributed by atoms with E-state index in [1.807, 2.05) is 0 Å². The lowest BCUT2D eigenvalue weighted by Gasteiger charge is -2.24. The minimum atomic E-state index is -0.786. The average Bonchev–Trinajstić information content (AvgIpc) is 3.19. The lowest BCUT2D eigenvalue weighted by Crippen LogP contribution is -2.46. The van der Waals surface area contributed by atoms with Crippen LogP contribution in [0.25, 0.3) is 0 Å². The van der Waals surface area contributed by atoms with E-state index in [1.54, 1.807) is 0 Å². The Kier molecular flexibility index (Phi) is 43.1. The molecule has 3 N–H and O–H groups in total. The van der Waals surface area contributed by atoms with Crippen LogP contribution in [0.4, 0.5) is 0 Å². The predicted molar refractivity (Wildman–Crippen MR) is 241 cm³/mol. The highest BCUT2D eigenvalue weighted by Crippen LogP contribution is 2.18. The molecule has 0 aliphatic carbocycles. The van der Waals surface area contributed by atoms with Crippen molar-refractivity contribution in [3.05, 3.63) is 24.3 Å². The summed E-state index contributed by atoms with van der Waals surface area (Å²) in [6.45, 7) is 6.45. The minimum Gasteiger partial charge on any atom is -0.462 e. The Balaban J connectivity index is 4.60. The second-order valence-electron chi connectivity index (χ2n) is 16.9. The molecule has 0 aromatic rings. The van der Waals surface area contributed by atoms with Gasteiger partial charge in [-0.15, -0.1) is 0 Å². The van der Waals surface area contributed by atoms with E-state index in [0.717, 1.165) is 70.6 Å². The third kappa shape index (κ3) is 39.2. The molecular formula is C50H95NO5. The maximum atomic E-state index is 13.2. The van der Waals surface area contributed by atoms with Crippen molar-refractivity contribution in [3.63, 3.8) is 0 Å². The van der Waals surface area contributed by atoms with Gasteiger partial charge in [-0.3, -0.25) is 9.59 Å². The van der Waals surface area contributed by atoms with Crippen molar-refractivity contribution in [2.45, 2.75) is 277 Å². The molecule has 0 fully saturated rings. The molecule has 0 bridgehead atoms. The minimum absolute atomic E-state index is 0.0729. The number of carbonyl (C=O) groups excluding carboxylic acids is 2. The Morgan fingerprint density at radius 2 is 0.911 bits per heavy atom. The van der Waals surface area contributed by atoms with Crippen LogP contribution in [0, 0.1) is 0 Å². The first kappa shape index (κ1) is 54.3. The van der Waals surface area contributed by atoms with Crippen molar-refractivity contribution in [2.75, 3.05) is 6.61 Å². The van der Waals surface area contributed by atoms with E-state index in [2.05, 4.69) is 50.4 Å². The summed E-state index contributed by atoms with van der Waals surface area (Å²) in [5.41, 5.74) is 0. The van der Waals surface area contributed by atoms with Crippen LogP contribution in [0.15, 0.2) is 24.3 Å². The van der Waals surface area contributed by atoms with Crippen LogP contribution in [-0.2, 0) is 14.3 Å². The monoisotopic (exact) mass is 790 g/mol. The van der Waals surface area contributed by atoms with Crippen LogP contribution in [0.3, 0.4) is 0 Å². The van der Waals surface area contributed by atoms with E-state index in [0.29, 0.717) is 19.3 Å². The molecule has 0 spiro atoms. The van der Waals surface area contributed by atoms with Gasteiger partial charge in [0.25, 0.3) is 0 Å². The van der Waals surface area contributed by atoms with E-state index in [1.165, 1.54) is 141 Å². The summed E-state index contributed by atoms with van der Waals surface area (Å²) in [5, 5.41) is 23.7. The van der Waals surface area contributed by atoms with Crippen LogP contribution < -0.4 is 5.32 Å². The van der Waals surface area contributed by atoms with Gasteiger partial charge in [0.15, 0.2) is 0 Å². The molecule has 0 aliphatic rings. The van der Waals surface area contributed by atoms with Gasteiger partial charge in [-0.25, -0.2) is 0 Å². The topological polar surface area (TPSA) is 95.9 Å². The van der Waals surface area contributed by atoms with E-state index >= 15 is 0 Å². The average molecular weight is 790 g/mol. The van der Waals surface area contributed by atoms with Gasteiger partial charge in [0.05, 0.1) is 25.2 Å². The number of unbranched alkanes of at least 4 members (excludes halogenated alkanes) is 28. The highest BCUT2D eigenvalue weighted by atomic mass is 16.5. The first-order chi connectivity index (χ1) is 27.5. The maximum Gasteiger partial charge on any atom is 0.306 e. The van der Waals surface area contributed by atoms with Crippen molar-refractivity contribution in [2.24, 2.45) is 0 Å². The van der Waals surface area contributed by atoms with E-state index in [9.17, 15) is 19.8 Å². The third-order valence-corrected chi connectivity index (χ3v) is 11.3. The van der Waals surface area contributed by atoms with Gasteiger partial charge in [0.1, 0.15) is 6.10 Å². The summed E-state index contributed by atoms with van der Waals surface area (Å²) in [6, 6.07) is -0.700. The second kappa shape index (κ2) is 44.4. The molecule has 0 rings (SSSR count). The van der Waals surface area contributed by atoms with E-state index in [4.69, 9.17) is 4.74 Å². The maximum absolute atomic E-state index is 13.2. The number of ether oxygens (including phenoxy) is 1. The van der Waals surface area contributed by atoms with Crippen LogP contribution in [-0.4, -0.2) is 46.9 Å². The summed E-state index contributed by atoms with van der Waals surface area (Å²) in [6.07, 6.45) is 49.4. The second-order valence-corrected chi connectivity index (χ2v) is 16.9. The third-order valence-electron chi connectivity index (χ3n) is 11.3. The fourth-order valence-electron chi connectivity index (χ4n) is 7.52. The molecule has 0 aromatic heterocycles. The Bertz CT molecular complexity index is 889. The van der Waals surface area contributed by atoms with Crippen molar-refractivity contribution < 1.29 is 24.5 Å². The molecule has 330 valence electrons. The van der Waals surface area contributed by atoms with Gasteiger partial charge >= 0.3 is 5.97 Å². The summed E-state index contributed by atoms with van der Waals surface area (Å²) < 4.78 is 5.91. The van der Waals surface area contributed by atoms with Crippen LogP contribution in [0.2, 0.25) is 0 Å². The van der Waals surface area contributed by atoms with Crippen molar-refractivity contribution >= 4 is 11.9 Å². The van der Waals surface area contributed by atoms with E-state index in [-0.39, 0.29) is 24.9 Å². The number of esters is 1. The molecule has 0 radical (unpaired) electrons. The van der Waals surface area contributed by atoms with Crippen LogP contribution in [0.5, 0.6) is 0 Å². The number of rotatable bonds is 44. The van der Waals surface area contributed by atoms with Crippen molar-refractivity contribution in [1.82, 2.24) is 5.32 Å². The first-order valence-corrected chi connectivity index (χ1v) is 24.6. The molecule has 1 amide bonds. The zero-order valence-electron chi connectivity index (χ0n) is 37.5. The number of allylic oxidation sites excluding steroid dienone is 4. The quantitative estimate of drug-likeness (QED) is 0.0324. The van der Waals surface area contributed by atoms with Crippen LogP contribution in [0.1, 0.15) is 258 Å². The van der Waals surface area contributed by atoms with Gasteiger partial charge in [-0.05, 0) is 57.8 Å². The van der Waals surface area contributed by atoms with Gasteiger partial charge in [-0.1, -0.05) is 212 Å². The summed E-state index contributed by atoms with van der Waals surface area (Å²) in [4.78, 5) is 26.0. The molecule has 0 aliphatic heterocycles. The van der Waals surface area contributed by atoms with E-state index < -0.39 is 18.2 Å². The molecule has 3 atom stereocenters. The molecule has 0 heterocycles. The summed E-state index contributed by atoms with van der Waals surface area (Å²) in [5.74, 6) is -0.478. The zero-order valence-corrected chi connectivity index (χ0v) is 37.5. The first-order valence-electron chi connectivity index (χ1n) is 24.6. The summed E-state index contributed by atoms with van der Waals surface area (Å²) >= 11 is 0. The predicted octanol–water partition coefficient (Wildman–Crippen LogP) is 14.3. The number of nitrogens with one attached hydrogen (secondary N) is 1. The molecule has 0 saturated heterocycles. The lowest BCUT2D eigenvalue weighted by atomic mass is 10.0. The molecular weight excluding hydrogens is 695 g/mol. The van der Waals surface area contributed by atoms with Crippen molar-refractivity contribution in [1.29, 1.82) is 0 Å². The Labute approximate surface area is 348 Å². The standard InChI is InChI=1S/C50H95NO5/c1-4-7-10-13-16-19-22-23-24-25-28-29-32-35-38-41-46(56-50(55)43-40-37-34-31-27-21-18-15-12-9-6-3)44-49(54)51-47(45-52)48(53)42-39-36-33-30-26-20-17-14-11-8-5-2/h16,19,23-24,46-48,52-53H,4-15,17-18,20-22,25-45H2,1-3H3,(H,51,54)/b19-16-,24-23-. The van der Waals surface area contributed by atoms with Gasteiger partial charge < -0.3 is 20.3 Å². The number of amides is 1. The number of hydrogen-bond acceptors (Lipinski definition) is 5. The van der Waals surface area contributed by atoms with Crippen molar-refractivity contribution in [3.8, 4) is 0 Å². The molecule has 3 unspecified atom stereocenters. The lowest BCUT2D eigenvalue weighted by molar-refractivity contribution is -0.151.